The first-order valence-electron chi connectivity index (χ1n) is 13.9. The minimum Gasteiger partial charge on any atom is -0.507 e. The number of methoxy groups -OCH3 is 2. The molecule has 2 aliphatic carbocycles. The van der Waals surface area contributed by atoms with E-state index < -0.39 is 41.1 Å². The van der Waals surface area contributed by atoms with E-state index in [2.05, 4.69) is 0 Å². The van der Waals surface area contributed by atoms with Crippen LogP contribution >= 0.6 is 0 Å². The van der Waals surface area contributed by atoms with Crippen molar-refractivity contribution >= 4 is 11.6 Å². The molecule has 10 nitrogen and oxygen atoms in total. The number of aliphatic hydroxyl groups is 2. The smallest absolute Gasteiger partial charge is 0.200 e. The molecule has 4 N–H and O–H groups in total. The van der Waals surface area contributed by atoms with Gasteiger partial charge < -0.3 is 39.4 Å². The summed E-state index contributed by atoms with van der Waals surface area (Å²) in [6.45, 7) is 6.74. The summed E-state index contributed by atoms with van der Waals surface area (Å²) in [5.74, 6) is -1.94. The van der Waals surface area contributed by atoms with E-state index in [1.54, 1.807) is 32.9 Å². The van der Waals surface area contributed by atoms with Crippen molar-refractivity contribution in [2.24, 2.45) is 5.92 Å². The van der Waals surface area contributed by atoms with Crippen LogP contribution in [0.4, 0.5) is 0 Å². The Morgan fingerprint density at radius 2 is 1.33 bits per heavy atom. The number of fused-ring (bicyclic) bond motifs is 4. The fourth-order valence-electron chi connectivity index (χ4n) is 6.95. The molecular weight excluding hydrogens is 544 g/mol. The summed E-state index contributed by atoms with van der Waals surface area (Å²) in [4.78, 5) is 27.8. The van der Waals surface area contributed by atoms with Gasteiger partial charge >= 0.3 is 0 Å². The zero-order valence-corrected chi connectivity index (χ0v) is 24.3. The molecule has 0 aromatic heterocycles. The van der Waals surface area contributed by atoms with Gasteiger partial charge in [-0.3, -0.25) is 9.59 Å². The van der Waals surface area contributed by atoms with Crippen LogP contribution in [0.3, 0.4) is 0 Å². The highest BCUT2D eigenvalue weighted by molar-refractivity contribution is 6.18. The molecule has 0 bridgehead atoms. The molecule has 0 radical (unpaired) electrons. The van der Waals surface area contributed by atoms with E-state index in [0.717, 1.165) is 0 Å². The summed E-state index contributed by atoms with van der Waals surface area (Å²) in [7, 11) is 2.84. The van der Waals surface area contributed by atoms with E-state index >= 15 is 0 Å². The van der Waals surface area contributed by atoms with Crippen molar-refractivity contribution in [3.8, 4) is 39.9 Å². The van der Waals surface area contributed by atoms with Crippen LogP contribution in [0, 0.1) is 12.8 Å². The van der Waals surface area contributed by atoms with Gasteiger partial charge in [0.25, 0.3) is 0 Å². The van der Waals surface area contributed by atoms with Gasteiger partial charge in [0, 0.05) is 29.9 Å². The monoisotopic (exact) mass is 578 g/mol. The molecule has 4 aliphatic rings. The van der Waals surface area contributed by atoms with E-state index in [1.807, 2.05) is 6.92 Å². The fourth-order valence-corrected chi connectivity index (χ4v) is 6.95. The van der Waals surface area contributed by atoms with Crippen LogP contribution in [0.15, 0.2) is 35.4 Å². The Morgan fingerprint density at radius 3 is 1.90 bits per heavy atom. The number of phenolic OH excluding ortho intramolecular Hbond substituents is 2. The van der Waals surface area contributed by atoms with Gasteiger partial charge in [-0.15, -0.1) is 0 Å². The minimum atomic E-state index is -1.53. The zero-order valence-electron chi connectivity index (χ0n) is 24.3. The molecule has 0 saturated heterocycles. The normalized spacial score (nSPS) is 31.4. The van der Waals surface area contributed by atoms with Crippen molar-refractivity contribution in [3.63, 3.8) is 0 Å². The van der Waals surface area contributed by atoms with Gasteiger partial charge in [0.2, 0.25) is 0 Å². The average molecular weight is 579 g/mol. The van der Waals surface area contributed by atoms with Gasteiger partial charge in [-0.1, -0.05) is 19.1 Å². The summed E-state index contributed by atoms with van der Waals surface area (Å²) < 4.78 is 24.1. The Labute approximate surface area is 242 Å². The Morgan fingerprint density at radius 1 is 0.810 bits per heavy atom. The number of benzene rings is 2. The molecule has 6 rings (SSSR count). The highest BCUT2D eigenvalue weighted by Crippen LogP contribution is 2.58. The van der Waals surface area contributed by atoms with Crippen LogP contribution in [0.1, 0.15) is 59.9 Å². The number of hydrogen-bond donors (Lipinski definition) is 4. The number of allylic oxidation sites excluding steroid dienone is 1. The molecule has 0 spiro atoms. The molecule has 6 atom stereocenters. The molecule has 2 aromatic carbocycles. The van der Waals surface area contributed by atoms with E-state index in [4.69, 9.17) is 18.9 Å². The molecule has 2 heterocycles. The molecule has 2 aliphatic heterocycles. The Bertz CT molecular complexity index is 1620. The van der Waals surface area contributed by atoms with Crippen molar-refractivity contribution in [2.45, 2.75) is 70.1 Å². The third-order valence-electron chi connectivity index (χ3n) is 9.36. The first-order chi connectivity index (χ1) is 19.8. The van der Waals surface area contributed by atoms with Crippen molar-refractivity contribution in [1.82, 2.24) is 0 Å². The number of ether oxygens (including phenoxy) is 4. The Balaban J connectivity index is 1.67. The van der Waals surface area contributed by atoms with Crippen LogP contribution < -0.4 is 14.2 Å². The molecule has 0 unspecified atom stereocenters. The number of hydrogen-bond acceptors (Lipinski definition) is 10. The summed E-state index contributed by atoms with van der Waals surface area (Å²) in [5.41, 5.74) is -1.89. The van der Waals surface area contributed by atoms with Crippen LogP contribution in [0.25, 0.3) is 11.1 Å². The zero-order chi connectivity index (χ0) is 30.5. The third kappa shape index (κ3) is 3.55. The lowest BCUT2D eigenvalue weighted by atomic mass is 9.71. The molecule has 2 aromatic rings. The Kier molecular flexibility index (Phi) is 6.27. The second-order valence-electron chi connectivity index (χ2n) is 11.9. The summed E-state index contributed by atoms with van der Waals surface area (Å²) in [6.07, 6.45) is 1.19. The largest absolute Gasteiger partial charge is 0.507 e. The van der Waals surface area contributed by atoms with Gasteiger partial charge in [-0.25, -0.2) is 0 Å². The first-order valence-corrected chi connectivity index (χ1v) is 13.9. The van der Waals surface area contributed by atoms with Crippen molar-refractivity contribution in [2.75, 3.05) is 14.2 Å². The number of aromatic hydroxyl groups is 2. The van der Waals surface area contributed by atoms with Gasteiger partial charge in [-0.2, -0.15) is 0 Å². The highest BCUT2D eigenvalue weighted by atomic mass is 16.5. The van der Waals surface area contributed by atoms with Crippen molar-refractivity contribution in [1.29, 1.82) is 0 Å². The van der Waals surface area contributed by atoms with Gasteiger partial charge in [-0.05, 0) is 51.2 Å². The van der Waals surface area contributed by atoms with Crippen LogP contribution in [-0.2, 0) is 4.74 Å². The number of carbonyl (C=O) groups is 2. The van der Waals surface area contributed by atoms with Crippen LogP contribution in [0.5, 0.6) is 28.7 Å². The first kappa shape index (κ1) is 28.3. The van der Waals surface area contributed by atoms with Crippen molar-refractivity contribution < 1.29 is 49.0 Å². The number of rotatable bonds is 3. The van der Waals surface area contributed by atoms with Gasteiger partial charge in [0.1, 0.15) is 52.1 Å². The summed E-state index contributed by atoms with van der Waals surface area (Å²) in [5, 5.41) is 44.6. The fraction of sp³-hybridized carbons (Fsp3) is 0.438. The Hall–Kier alpha value is -3.86. The second kappa shape index (κ2) is 9.32. The maximum atomic E-state index is 13.9. The summed E-state index contributed by atoms with van der Waals surface area (Å²) >= 11 is 0. The van der Waals surface area contributed by atoms with Crippen LogP contribution in [0.2, 0.25) is 0 Å². The SMILES string of the molecule is COc1cc(O)c2c(c1-c1c(C)cc(O)c3c1O[C@]1(C)C(=CC[C@H](OC)[C@H]1O)C3=O)O[C@]1(C)C(=CC[C@H](C)[C@H]1O)C2=O. The highest BCUT2D eigenvalue weighted by Gasteiger charge is 2.55. The lowest BCUT2D eigenvalue weighted by molar-refractivity contribution is -0.103. The molecule has 0 fully saturated rings. The van der Waals surface area contributed by atoms with Crippen LogP contribution in [-0.4, -0.2) is 75.7 Å². The number of Topliss-reactive ketones (excluding diaryl/α,β-unsaturated/α-hetero) is 2. The average Bonchev–Trinajstić information content (AvgIpc) is 2.93. The molecule has 0 amide bonds. The molecule has 222 valence electrons. The van der Waals surface area contributed by atoms with E-state index in [-0.39, 0.29) is 74.5 Å². The predicted octanol–water partition coefficient (Wildman–Crippen LogP) is 3.78. The molecule has 42 heavy (non-hydrogen) atoms. The number of ketones is 2. The number of aryl methyl sites for hydroxylation is 1. The van der Waals surface area contributed by atoms with Gasteiger partial charge in [0.05, 0.1) is 18.8 Å². The van der Waals surface area contributed by atoms with Crippen molar-refractivity contribution in [3.05, 3.63) is 52.1 Å². The number of carbonyl (C=O) groups excluding carboxylic acids is 2. The maximum Gasteiger partial charge on any atom is 0.200 e. The minimum absolute atomic E-state index is 0.0424. The quantitative estimate of drug-likeness (QED) is 0.423. The number of phenols is 2. The van der Waals surface area contributed by atoms with E-state index in [1.165, 1.54) is 26.4 Å². The molecule has 10 heteroatoms. The lowest BCUT2D eigenvalue weighted by Gasteiger charge is -2.46. The third-order valence-corrected chi connectivity index (χ3v) is 9.36. The standard InChI is InChI=1S/C32H34O10/c1-13-7-8-15-25(35)23-18(34)12-20(40-6)24(28(23)42-31(15,3)29(13)37)21-14(2)11-17(33)22-26(36)16-9-10-19(39-5)30(38)32(16,4)41-27(21)22/h8-9,11-13,19,29-30,33-34,37-38H,7,10H2,1-6H3/t13-,19-,29+,30+,31+,32+/m0/s1. The summed E-state index contributed by atoms with van der Waals surface area (Å²) in [6, 6.07) is 2.69. The molecular formula is C32H34O10. The molecule has 0 saturated carbocycles. The predicted molar refractivity (Wildman–Crippen MR) is 151 cm³/mol. The maximum absolute atomic E-state index is 13.9. The number of aliphatic hydroxyl groups excluding tert-OH is 2. The topological polar surface area (TPSA) is 152 Å². The van der Waals surface area contributed by atoms with Gasteiger partial charge in [0.15, 0.2) is 22.8 Å². The van der Waals surface area contributed by atoms with E-state index in [9.17, 15) is 30.0 Å². The second-order valence-corrected chi connectivity index (χ2v) is 11.9. The van der Waals surface area contributed by atoms with E-state index in [0.29, 0.717) is 12.0 Å². The lowest BCUT2D eigenvalue weighted by Crippen LogP contribution is -2.58.